The van der Waals surface area contributed by atoms with Crippen LogP contribution in [0, 0.1) is 6.92 Å². The molecule has 25 heavy (non-hydrogen) atoms. The minimum absolute atomic E-state index is 0.00421. The number of carbonyl (C=O) groups excluding carboxylic acids is 2. The van der Waals surface area contributed by atoms with Crippen molar-refractivity contribution in [1.29, 1.82) is 0 Å². The first kappa shape index (κ1) is 19.6. The van der Waals surface area contributed by atoms with Gasteiger partial charge < -0.3 is 10.6 Å². The fourth-order valence-electron chi connectivity index (χ4n) is 2.73. The predicted octanol–water partition coefficient (Wildman–Crippen LogP) is 4.06. The van der Waals surface area contributed by atoms with Crippen molar-refractivity contribution in [3.05, 3.63) is 41.5 Å². The summed E-state index contributed by atoms with van der Waals surface area (Å²) in [4.78, 5) is 24.1. The summed E-state index contributed by atoms with van der Waals surface area (Å²) in [7, 11) is 0. The summed E-state index contributed by atoms with van der Waals surface area (Å²) in [5.41, 5.74) is 3.40. The van der Waals surface area contributed by atoms with Crippen LogP contribution in [0.3, 0.4) is 0 Å². The monoisotopic (exact) mass is 360 g/mol. The second kappa shape index (κ2) is 10.3. The van der Waals surface area contributed by atoms with Crippen LogP contribution in [0.1, 0.15) is 44.6 Å². The highest BCUT2D eigenvalue weighted by molar-refractivity contribution is 8.01. The van der Waals surface area contributed by atoms with E-state index in [4.69, 9.17) is 0 Å². The van der Waals surface area contributed by atoms with E-state index in [1.165, 1.54) is 43.0 Å². The lowest BCUT2D eigenvalue weighted by Crippen LogP contribution is -2.32. The summed E-state index contributed by atoms with van der Waals surface area (Å²) in [5, 5.41) is 5.60. The van der Waals surface area contributed by atoms with Crippen LogP contribution in [0.25, 0.3) is 0 Å². The standard InChI is InChI=1S/C20H28N2O2S/c1-15-8-10-18(11-9-15)22-19(23)14-25-16(2)20(24)21-13-12-17-6-4-3-5-7-17/h6,8-11,16H,3-5,7,12-14H2,1-2H3,(H,21,24)(H,22,23). The third-order valence-corrected chi connectivity index (χ3v) is 5.44. The van der Waals surface area contributed by atoms with Crippen LogP contribution in [-0.2, 0) is 9.59 Å². The van der Waals surface area contributed by atoms with Crippen molar-refractivity contribution < 1.29 is 9.59 Å². The number of thioether (sulfide) groups is 1. The van der Waals surface area contributed by atoms with Gasteiger partial charge in [-0.15, -0.1) is 11.8 Å². The Morgan fingerprint density at radius 1 is 1.20 bits per heavy atom. The molecule has 0 fully saturated rings. The van der Waals surface area contributed by atoms with Crippen molar-refractivity contribution in [2.75, 3.05) is 17.6 Å². The van der Waals surface area contributed by atoms with Crippen LogP contribution in [0.15, 0.2) is 35.9 Å². The molecule has 4 nitrogen and oxygen atoms in total. The highest BCUT2D eigenvalue weighted by Crippen LogP contribution is 2.19. The molecule has 0 bridgehead atoms. The fourth-order valence-corrected chi connectivity index (χ4v) is 3.44. The van der Waals surface area contributed by atoms with Gasteiger partial charge in [0, 0.05) is 12.2 Å². The number of nitrogens with one attached hydrogen (secondary N) is 2. The summed E-state index contributed by atoms with van der Waals surface area (Å²) in [6.07, 6.45) is 8.14. The molecule has 0 spiro atoms. The summed E-state index contributed by atoms with van der Waals surface area (Å²) in [5.74, 6) is 0.193. The highest BCUT2D eigenvalue weighted by atomic mass is 32.2. The van der Waals surface area contributed by atoms with Gasteiger partial charge in [-0.25, -0.2) is 0 Å². The number of anilines is 1. The van der Waals surface area contributed by atoms with Gasteiger partial charge in [0.1, 0.15) is 0 Å². The van der Waals surface area contributed by atoms with Gasteiger partial charge in [-0.1, -0.05) is 29.3 Å². The van der Waals surface area contributed by atoms with E-state index < -0.39 is 0 Å². The first-order chi connectivity index (χ1) is 12.0. The topological polar surface area (TPSA) is 58.2 Å². The minimum atomic E-state index is -0.232. The molecule has 0 aromatic heterocycles. The van der Waals surface area contributed by atoms with Gasteiger partial charge in [-0.3, -0.25) is 9.59 Å². The lowest BCUT2D eigenvalue weighted by Gasteiger charge is -2.15. The van der Waals surface area contributed by atoms with Crippen LogP contribution in [0.2, 0.25) is 0 Å². The third kappa shape index (κ3) is 7.34. The number of hydrogen-bond donors (Lipinski definition) is 2. The van der Waals surface area contributed by atoms with E-state index in [9.17, 15) is 9.59 Å². The number of hydrogen-bond acceptors (Lipinski definition) is 3. The number of allylic oxidation sites excluding steroid dienone is 1. The maximum atomic E-state index is 12.1. The lowest BCUT2D eigenvalue weighted by molar-refractivity contribution is -0.120. The Morgan fingerprint density at radius 2 is 1.96 bits per heavy atom. The first-order valence-corrected chi connectivity index (χ1v) is 10.0. The molecule has 5 heteroatoms. The van der Waals surface area contributed by atoms with E-state index in [0.717, 1.165) is 17.7 Å². The van der Waals surface area contributed by atoms with Crippen molar-refractivity contribution in [2.24, 2.45) is 0 Å². The van der Waals surface area contributed by atoms with Crippen LogP contribution in [0.4, 0.5) is 5.69 Å². The second-order valence-electron chi connectivity index (χ2n) is 6.52. The van der Waals surface area contributed by atoms with Gasteiger partial charge in [-0.05, 0) is 58.1 Å². The van der Waals surface area contributed by atoms with Crippen molar-refractivity contribution in [2.45, 2.75) is 51.2 Å². The second-order valence-corrected chi connectivity index (χ2v) is 7.85. The molecule has 1 atom stereocenters. The number of aryl methyl sites for hydroxylation is 1. The van der Waals surface area contributed by atoms with E-state index in [2.05, 4.69) is 16.7 Å². The first-order valence-electron chi connectivity index (χ1n) is 8.98. The SMILES string of the molecule is Cc1ccc(NC(=O)CSC(C)C(=O)NCCC2=CCCCC2)cc1. The van der Waals surface area contributed by atoms with E-state index in [0.29, 0.717) is 6.54 Å². The largest absolute Gasteiger partial charge is 0.355 e. The van der Waals surface area contributed by atoms with Crippen molar-refractivity contribution in [3.63, 3.8) is 0 Å². The number of benzene rings is 1. The molecule has 0 saturated heterocycles. The van der Waals surface area contributed by atoms with E-state index in [1.54, 1.807) is 0 Å². The molecule has 0 radical (unpaired) electrons. The molecule has 1 aliphatic rings. The van der Waals surface area contributed by atoms with Gasteiger partial charge in [0.2, 0.25) is 11.8 Å². The zero-order valence-electron chi connectivity index (χ0n) is 15.1. The van der Waals surface area contributed by atoms with Crippen molar-refractivity contribution in [3.8, 4) is 0 Å². The Hall–Kier alpha value is -1.75. The molecule has 2 N–H and O–H groups in total. The summed E-state index contributed by atoms with van der Waals surface area (Å²) in [6, 6.07) is 7.68. The quantitative estimate of drug-likeness (QED) is 0.687. The molecule has 2 amide bonds. The molecular weight excluding hydrogens is 332 g/mol. The van der Waals surface area contributed by atoms with Gasteiger partial charge in [0.05, 0.1) is 11.0 Å². The maximum absolute atomic E-state index is 12.1. The lowest BCUT2D eigenvalue weighted by atomic mass is 9.97. The Kier molecular flexibility index (Phi) is 8.06. The third-order valence-electron chi connectivity index (χ3n) is 4.30. The van der Waals surface area contributed by atoms with Gasteiger partial charge in [0.25, 0.3) is 0 Å². The molecule has 0 saturated carbocycles. The summed E-state index contributed by atoms with van der Waals surface area (Å²) in [6.45, 7) is 4.54. The summed E-state index contributed by atoms with van der Waals surface area (Å²) < 4.78 is 0. The Labute approximate surface area is 154 Å². The zero-order valence-corrected chi connectivity index (χ0v) is 16.0. The van der Waals surface area contributed by atoms with Gasteiger partial charge >= 0.3 is 0 Å². The molecule has 1 aromatic carbocycles. The van der Waals surface area contributed by atoms with Crippen molar-refractivity contribution in [1.82, 2.24) is 5.32 Å². The van der Waals surface area contributed by atoms with Crippen LogP contribution >= 0.6 is 11.8 Å². The molecule has 1 unspecified atom stereocenters. The molecule has 2 rings (SSSR count). The normalized spacial score (nSPS) is 15.2. The average molecular weight is 361 g/mol. The maximum Gasteiger partial charge on any atom is 0.234 e. The van der Waals surface area contributed by atoms with Crippen molar-refractivity contribution >= 4 is 29.3 Å². The Bertz CT molecular complexity index is 611. The molecule has 1 aromatic rings. The van der Waals surface area contributed by atoms with Gasteiger partial charge in [-0.2, -0.15) is 0 Å². The fraction of sp³-hybridized carbons (Fsp3) is 0.500. The molecule has 0 aliphatic heterocycles. The molecule has 1 aliphatic carbocycles. The zero-order chi connectivity index (χ0) is 18.1. The molecule has 136 valence electrons. The number of carbonyl (C=O) groups is 2. The van der Waals surface area contributed by atoms with E-state index in [1.807, 2.05) is 38.1 Å². The average Bonchev–Trinajstić information content (AvgIpc) is 2.62. The molecule has 0 heterocycles. The number of amides is 2. The van der Waals surface area contributed by atoms with Crippen LogP contribution in [0.5, 0.6) is 0 Å². The molecular formula is C20H28N2O2S. The van der Waals surface area contributed by atoms with Gasteiger partial charge in [0.15, 0.2) is 0 Å². The smallest absolute Gasteiger partial charge is 0.234 e. The van der Waals surface area contributed by atoms with Crippen LogP contribution in [-0.4, -0.2) is 29.4 Å². The van der Waals surface area contributed by atoms with Crippen LogP contribution < -0.4 is 10.6 Å². The highest BCUT2D eigenvalue weighted by Gasteiger charge is 2.15. The summed E-state index contributed by atoms with van der Waals surface area (Å²) >= 11 is 1.36. The predicted molar refractivity (Wildman–Crippen MR) is 106 cm³/mol. The Morgan fingerprint density at radius 3 is 2.64 bits per heavy atom. The Balaban J connectivity index is 1.63. The minimum Gasteiger partial charge on any atom is -0.355 e. The van der Waals surface area contributed by atoms with E-state index >= 15 is 0 Å². The number of rotatable bonds is 8. The van der Waals surface area contributed by atoms with E-state index in [-0.39, 0.29) is 22.8 Å².